The zero-order valence-corrected chi connectivity index (χ0v) is 22.6. The predicted octanol–water partition coefficient (Wildman–Crippen LogP) is 6.52. The number of rotatable bonds is 10. The largest absolute Gasteiger partial charge is 0.355 e. The van der Waals surface area contributed by atoms with Gasteiger partial charge < -0.3 is 9.05 Å². The molecule has 8 heteroatoms. The Kier molecular flexibility index (Phi) is 8.68. The van der Waals surface area contributed by atoms with Gasteiger partial charge in [0.25, 0.3) is 0 Å². The molecule has 0 aliphatic rings. The van der Waals surface area contributed by atoms with E-state index in [-0.39, 0.29) is 13.2 Å². The average molecular weight is 552 g/mol. The summed E-state index contributed by atoms with van der Waals surface area (Å²) in [5.74, 6) is 0. The Bertz CT molecular complexity index is 1060. The third-order valence-electron chi connectivity index (χ3n) is 5.17. The topological polar surface area (TPSA) is 47.6 Å². The van der Waals surface area contributed by atoms with Gasteiger partial charge in [-0.25, -0.2) is 0 Å². The van der Waals surface area contributed by atoms with Gasteiger partial charge in [0.2, 0.25) is 0 Å². The van der Waals surface area contributed by atoms with Crippen LogP contribution >= 0.6 is 29.7 Å². The third-order valence-corrected chi connectivity index (χ3v) is 12.9. The van der Waals surface area contributed by atoms with Crippen molar-refractivity contribution in [1.82, 2.24) is 5.09 Å². The molecule has 0 bridgehead atoms. The van der Waals surface area contributed by atoms with Crippen LogP contribution in [0.4, 0.5) is 0 Å². The molecule has 32 heavy (non-hydrogen) atoms. The maximum atomic E-state index is 14.3. The van der Waals surface area contributed by atoms with Crippen LogP contribution in [0.25, 0.3) is 0 Å². The molecule has 0 heterocycles. The van der Waals surface area contributed by atoms with Gasteiger partial charge in [-0.15, -0.1) is 0 Å². The van der Waals surface area contributed by atoms with Crippen LogP contribution in [0.3, 0.4) is 0 Å². The maximum Gasteiger partial charge on any atom is 0.355 e. The van der Waals surface area contributed by atoms with E-state index >= 15 is 0 Å². The SMILES string of the molecule is CCOP(=O)(OCC)[C@@](C)(NP(=S)(c1ccccc1)c1ccccc1)c1ccc(Br)cc1. The van der Waals surface area contributed by atoms with Crippen LogP contribution in [0.2, 0.25) is 0 Å². The van der Waals surface area contributed by atoms with Crippen molar-refractivity contribution in [3.8, 4) is 0 Å². The van der Waals surface area contributed by atoms with Crippen LogP contribution in [-0.4, -0.2) is 13.2 Å². The summed E-state index contributed by atoms with van der Waals surface area (Å²) in [6.45, 7) is 6.01. The monoisotopic (exact) mass is 551 g/mol. The third kappa shape index (κ3) is 5.18. The lowest BCUT2D eigenvalue weighted by atomic mass is 10.1. The van der Waals surface area contributed by atoms with E-state index in [4.69, 9.17) is 20.9 Å². The second-order valence-electron chi connectivity index (χ2n) is 7.30. The Balaban J connectivity index is 2.26. The van der Waals surface area contributed by atoms with Crippen LogP contribution in [0, 0.1) is 0 Å². The summed E-state index contributed by atoms with van der Waals surface area (Å²) >= 11 is 9.90. The molecule has 0 saturated heterocycles. The highest BCUT2D eigenvalue weighted by Gasteiger charge is 2.51. The van der Waals surface area contributed by atoms with E-state index in [0.717, 1.165) is 20.6 Å². The molecule has 4 nitrogen and oxygen atoms in total. The molecule has 0 aromatic heterocycles. The second-order valence-corrected chi connectivity index (χ2v) is 14.7. The molecule has 170 valence electrons. The van der Waals surface area contributed by atoms with E-state index in [2.05, 4.69) is 21.0 Å². The summed E-state index contributed by atoms with van der Waals surface area (Å²) in [6, 6.07) is 27.6. The molecule has 3 aromatic rings. The minimum atomic E-state index is -3.68. The molecule has 0 fully saturated rings. The summed E-state index contributed by atoms with van der Waals surface area (Å²) in [4.78, 5) is 0. The number of benzene rings is 3. The Hall–Kier alpha value is -1.10. The summed E-state index contributed by atoms with van der Waals surface area (Å²) in [5, 5.41) is 4.46. The molecule has 0 radical (unpaired) electrons. The van der Waals surface area contributed by atoms with E-state index in [1.54, 1.807) is 0 Å². The smallest absolute Gasteiger partial charge is 0.307 e. The fraction of sp³-hybridized carbons (Fsp3) is 0.250. The van der Waals surface area contributed by atoms with E-state index in [1.807, 2.05) is 106 Å². The summed E-state index contributed by atoms with van der Waals surface area (Å²) in [5.41, 5.74) is 0.784. The summed E-state index contributed by atoms with van der Waals surface area (Å²) in [6.07, 6.45) is -2.63. The molecular weight excluding hydrogens is 524 g/mol. The molecule has 1 N–H and O–H groups in total. The van der Waals surface area contributed by atoms with Crippen molar-refractivity contribution >= 4 is 52.1 Å². The van der Waals surface area contributed by atoms with Gasteiger partial charge in [-0.1, -0.05) is 101 Å². The Morgan fingerprint density at radius 1 is 0.844 bits per heavy atom. The van der Waals surface area contributed by atoms with Gasteiger partial charge in [0.1, 0.15) is 5.28 Å². The molecule has 1 atom stereocenters. The quantitative estimate of drug-likeness (QED) is 0.290. The number of halogens is 1. The minimum Gasteiger partial charge on any atom is -0.307 e. The first-order valence-electron chi connectivity index (χ1n) is 10.4. The molecular formula is C24H28BrNO3P2S. The molecule has 0 unspecified atom stereocenters. The normalized spacial score (nSPS) is 14.1. The van der Waals surface area contributed by atoms with Gasteiger partial charge in [-0.2, -0.15) is 0 Å². The molecule has 3 rings (SSSR count). The highest BCUT2D eigenvalue weighted by molar-refractivity contribution is 9.10. The lowest BCUT2D eigenvalue weighted by Crippen LogP contribution is -2.43. The zero-order valence-electron chi connectivity index (χ0n) is 18.4. The van der Waals surface area contributed by atoms with Gasteiger partial charge >= 0.3 is 7.60 Å². The fourth-order valence-corrected chi connectivity index (χ4v) is 10.5. The molecule has 0 spiro atoms. The zero-order chi connectivity index (χ0) is 23.2. The van der Waals surface area contributed by atoms with Crippen molar-refractivity contribution in [3.05, 3.63) is 95.0 Å². The van der Waals surface area contributed by atoms with E-state index in [9.17, 15) is 4.57 Å². The predicted molar refractivity (Wildman–Crippen MR) is 142 cm³/mol. The number of nitrogens with one attached hydrogen (secondary N) is 1. The van der Waals surface area contributed by atoms with Crippen molar-refractivity contribution in [2.75, 3.05) is 13.2 Å². The van der Waals surface area contributed by atoms with Crippen LogP contribution in [0.15, 0.2) is 89.4 Å². The van der Waals surface area contributed by atoms with E-state index in [1.165, 1.54) is 0 Å². The number of hydrogen-bond acceptors (Lipinski definition) is 4. The molecule has 0 saturated carbocycles. The van der Waals surface area contributed by atoms with Crippen molar-refractivity contribution in [2.24, 2.45) is 0 Å². The highest BCUT2D eigenvalue weighted by Crippen LogP contribution is 2.66. The Labute approximate surface area is 204 Å². The van der Waals surface area contributed by atoms with Gasteiger partial charge in [0, 0.05) is 15.1 Å². The Morgan fingerprint density at radius 2 is 1.28 bits per heavy atom. The average Bonchev–Trinajstić information content (AvgIpc) is 2.81. The molecule has 0 aliphatic heterocycles. The second kappa shape index (κ2) is 10.9. The first-order chi connectivity index (χ1) is 15.3. The summed E-state index contributed by atoms with van der Waals surface area (Å²) in [7, 11) is -3.68. The first kappa shape index (κ1) is 25.5. The molecule has 3 aromatic carbocycles. The minimum absolute atomic E-state index is 0.255. The van der Waals surface area contributed by atoms with Gasteiger partial charge in [0.05, 0.1) is 19.4 Å². The lowest BCUT2D eigenvalue weighted by Gasteiger charge is -2.41. The van der Waals surface area contributed by atoms with E-state index < -0.39 is 19.1 Å². The van der Waals surface area contributed by atoms with Crippen LogP contribution in [0.5, 0.6) is 0 Å². The molecule has 0 aliphatic carbocycles. The fourth-order valence-electron chi connectivity index (χ4n) is 3.55. The Morgan fingerprint density at radius 3 is 1.69 bits per heavy atom. The van der Waals surface area contributed by atoms with Crippen molar-refractivity contribution in [3.63, 3.8) is 0 Å². The van der Waals surface area contributed by atoms with Gasteiger partial charge in [0.15, 0.2) is 0 Å². The summed E-state index contributed by atoms with van der Waals surface area (Å²) < 4.78 is 27.0. The van der Waals surface area contributed by atoms with Crippen molar-refractivity contribution in [1.29, 1.82) is 0 Å². The molecule has 0 amide bonds. The maximum absolute atomic E-state index is 14.3. The standard InChI is InChI=1S/C24H28BrNO3P2S/c1-4-28-31(27,29-5-2)24(3,20-16-18-21(25)19-17-20)26-30(32,22-12-8-6-9-13-22)23-14-10-7-11-15-23/h6-19H,4-5H2,1-3H3,(H,26,32)/t24-/m1/s1. The lowest BCUT2D eigenvalue weighted by molar-refractivity contribution is 0.195. The van der Waals surface area contributed by atoms with Crippen LogP contribution < -0.4 is 15.7 Å². The van der Waals surface area contributed by atoms with Gasteiger partial charge in [-0.3, -0.25) is 9.65 Å². The highest BCUT2D eigenvalue weighted by atomic mass is 79.9. The van der Waals surface area contributed by atoms with E-state index in [0.29, 0.717) is 0 Å². The van der Waals surface area contributed by atoms with Crippen LogP contribution in [0.1, 0.15) is 26.3 Å². The van der Waals surface area contributed by atoms with Crippen molar-refractivity contribution in [2.45, 2.75) is 26.1 Å². The first-order valence-corrected chi connectivity index (χ1v) is 15.6. The van der Waals surface area contributed by atoms with Crippen molar-refractivity contribution < 1.29 is 13.6 Å². The number of hydrogen-bond donors (Lipinski definition) is 1. The van der Waals surface area contributed by atoms with Gasteiger partial charge in [-0.05, 0) is 38.5 Å². The van der Waals surface area contributed by atoms with Crippen LogP contribution in [-0.2, 0) is 30.7 Å².